The normalized spacial score (nSPS) is 10.6. The number of hydrogen-bond acceptors (Lipinski definition) is 5. The number of rotatable bonds is 5. The SMILES string of the molecule is CN(CC(=O)Nc1ccc(Cl)cc1)c1nc2ccccn2c1[N+](=O)[O-]. The molecule has 0 saturated carbocycles. The second-order valence-electron chi connectivity index (χ2n) is 5.36. The Morgan fingerprint density at radius 2 is 2.04 bits per heavy atom. The summed E-state index contributed by atoms with van der Waals surface area (Å²) < 4.78 is 1.38. The van der Waals surface area contributed by atoms with Crippen LogP contribution in [0.15, 0.2) is 48.7 Å². The Labute approximate surface area is 147 Å². The third-order valence-corrected chi connectivity index (χ3v) is 3.78. The Balaban J connectivity index is 1.81. The molecule has 2 heterocycles. The predicted octanol–water partition coefficient (Wildman–Crippen LogP) is 2.97. The number of nitro groups is 1. The molecule has 3 aromatic rings. The average molecular weight is 360 g/mol. The van der Waals surface area contributed by atoms with Gasteiger partial charge in [-0.15, -0.1) is 0 Å². The fraction of sp³-hybridized carbons (Fsp3) is 0.125. The second kappa shape index (κ2) is 6.78. The van der Waals surface area contributed by atoms with Gasteiger partial charge in [0.2, 0.25) is 17.4 Å². The number of anilines is 2. The van der Waals surface area contributed by atoms with Crippen molar-refractivity contribution in [2.24, 2.45) is 0 Å². The van der Waals surface area contributed by atoms with Gasteiger partial charge in [0, 0.05) is 23.8 Å². The minimum absolute atomic E-state index is 0.0899. The highest BCUT2D eigenvalue weighted by Gasteiger charge is 2.26. The summed E-state index contributed by atoms with van der Waals surface area (Å²) in [5.74, 6) is -0.379. The third kappa shape index (κ3) is 3.53. The third-order valence-electron chi connectivity index (χ3n) is 3.53. The van der Waals surface area contributed by atoms with Crippen LogP contribution in [-0.4, -0.2) is 33.8 Å². The van der Waals surface area contributed by atoms with Gasteiger partial charge in [-0.1, -0.05) is 17.7 Å². The van der Waals surface area contributed by atoms with E-state index in [1.54, 1.807) is 55.7 Å². The van der Waals surface area contributed by atoms with Crippen LogP contribution in [0.3, 0.4) is 0 Å². The van der Waals surface area contributed by atoms with Gasteiger partial charge >= 0.3 is 5.82 Å². The maximum atomic E-state index is 12.2. The first-order valence-corrected chi connectivity index (χ1v) is 7.71. The van der Waals surface area contributed by atoms with Crippen molar-refractivity contribution in [3.05, 3.63) is 63.8 Å². The van der Waals surface area contributed by atoms with Crippen LogP contribution < -0.4 is 10.2 Å². The number of halogens is 1. The van der Waals surface area contributed by atoms with Crippen molar-refractivity contribution in [3.8, 4) is 0 Å². The molecule has 8 nitrogen and oxygen atoms in total. The fourth-order valence-electron chi connectivity index (χ4n) is 2.42. The highest BCUT2D eigenvalue weighted by Crippen LogP contribution is 2.27. The first-order valence-electron chi connectivity index (χ1n) is 7.34. The molecular weight excluding hydrogens is 346 g/mol. The maximum Gasteiger partial charge on any atom is 0.372 e. The minimum atomic E-state index is -0.511. The fourth-order valence-corrected chi connectivity index (χ4v) is 2.55. The monoisotopic (exact) mass is 359 g/mol. The number of carbonyl (C=O) groups excluding carboxylic acids is 1. The molecule has 0 spiro atoms. The van der Waals surface area contributed by atoms with E-state index < -0.39 is 4.92 Å². The van der Waals surface area contributed by atoms with Crippen molar-refractivity contribution >= 4 is 40.5 Å². The molecule has 2 aromatic heterocycles. The van der Waals surface area contributed by atoms with Crippen LogP contribution in [0.1, 0.15) is 0 Å². The summed E-state index contributed by atoms with van der Waals surface area (Å²) in [4.78, 5) is 28.8. The van der Waals surface area contributed by atoms with Gasteiger partial charge in [-0.2, -0.15) is 9.38 Å². The van der Waals surface area contributed by atoms with E-state index in [4.69, 9.17) is 11.6 Å². The number of imidazole rings is 1. The van der Waals surface area contributed by atoms with Crippen molar-refractivity contribution in [2.75, 3.05) is 23.8 Å². The van der Waals surface area contributed by atoms with E-state index in [1.165, 1.54) is 9.30 Å². The lowest BCUT2D eigenvalue weighted by Crippen LogP contribution is -2.30. The summed E-state index contributed by atoms with van der Waals surface area (Å²) in [7, 11) is 1.58. The van der Waals surface area contributed by atoms with Crippen LogP contribution in [-0.2, 0) is 4.79 Å². The molecule has 1 amide bonds. The molecule has 0 aliphatic rings. The lowest BCUT2D eigenvalue weighted by atomic mass is 10.3. The van der Waals surface area contributed by atoms with E-state index in [2.05, 4.69) is 10.3 Å². The summed E-state index contributed by atoms with van der Waals surface area (Å²) in [5, 5.41) is 14.7. The van der Waals surface area contributed by atoms with Crippen molar-refractivity contribution in [1.29, 1.82) is 0 Å². The number of likely N-dealkylation sites (N-methyl/N-ethyl adjacent to an activating group) is 1. The molecule has 0 aliphatic carbocycles. The van der Waals surface area contributed by atoms with Crippen LogP contribution in [0, 0.1) is 10.1 Å². The zero-order valence-corrected chi connectivity index (χ0v) is 14.0. The van der Waals surface area contributed by atoms with Gasteiger partial charge in [0.05, 0.1) is 12.7 Å². The van der Waals surface area contributed by atoms with E-state index in [1.807, 2.05) is 0 Å². The Bertz CT molecular complexity index is 939. The first kappa shape index (κ1) is 16.7. The second-order valence-corrected chi connectivity index (χ2v) is 5.79. The molecule has 0 fully saturated rings. The molecule has 9 heteroatoms. The average Bonchev–Trinajstić information content (AvgIpc) is 2.96. The zero-order chi connectivity index (χ0) is 18.0. The molecule has 3 rings (SSSR count). The number of hydrogen-bond donors (Lipinski definition) is 1. The largest absolute Gasteiger partial charge is 0.372 e. The quantitative estimate of drug-likeness (QED) is 0.558. The molecule has 25 heavy (non-hydrogen) atoms. The lowest BCUT2D eigenvalue weighted by molar-refractivity contribution is -0.389. The molecule has 0 aliphatic heterocycles. The maximum absolute atomic E-state index is 12.2. The number of fused-ring (bicyclic) bond motifs is 1. The smallest absolute Gasteiger partial charge is 0.358 e. The number of carbonyl (C=O) groups is 1. The number of benzene rings is 1. The van der Waals surface area contributed by atoms with E-state index in [0.29, 0.717) is 16.4 Å². The van der Waals surface area contributed by atoms with Gasteiger partial charge < -0.3 is 20.3 Å². The van der Waals surface area contributed by atoms with Crippen LogP contribution in [0.4, 0.5) is 17.3 Å². The molecule has 0 bridgehead atoms. The molecule has 1 N–H and O–H groups in total. The molecule has 0 unspecified atom stereocenters. The van der Waals surface area contributed by atoms with Crippen LogP contribution in [0.25, 0.3) is 5.65 Å². The van der Waals surface area contributed by atoms with Gasteiger partial charge in [0.1, 0.15) is 0 Å². The number of aromatic nitrogens is 2. The predicted molar refractivity (Wildman–Crippen MR) is 95.2 cm³/mol. The molecule has 0 radical (unpaired) electrons. The number of amides is 1. The van der Waals surface area contributed by atoms with E-state index in [9.17, 15) is 14.9 Å². The van der Waals surface area contributed by atoms with Gasteiger partial charge in [0.15, 0.2) is 0 Å². The summed E-state index contributed by atoms with van der Waals surface area (Å²) >= 11 is 5.80. The zero-order valence-electron chi connectivity index (χ0n) is 13.2. The van der Waals surface area contributed by atoms with Gasteiger partial charge in [0.25, 0.3) is 0 Å². The van der Waals surface area contributed by atoms with Crippen molar-refractivity contribution < 1.29 is 9.72 Å². The Hall–Kier alpha value is -3.13. The van der Waals surface area contributed by atoms with Gasteiger partial charge in [-0.25, -0.2) is 0 Å². The summed E-state index contributed by atoms with van der Waals surface area (Å²) in [5.41, 5.74) is 1.03. The van der Waals surface area contributed by atoms with Crippen molar-refractivity contribution in [3.63, 3.8) is 0 Å². The number of pyridine rings is 1. The topological polar surface area (TPSA) is 92.8 Å². The Kier molecular flexibility index (Phi) is 4.53. The molecule has 1 aromatic carbocycles. The number of nitrogens with zero attached hydrogens (tertiary/aromatic N) is 4. The molecule has 128 valence electrons. The summed E-state index contributed by atoms with van der Waals surface area (Å²) in [6, 6.07) is 11.8. The van der Waals surface area contributed by atoms with Crippen LogP contribution in [0.5, 0.6) is 0 Å². The van der Waals surface area contributed by atoms with Crippen LogP contribution in [0.2, 0.25) is 5.02 Å². The minimum Gasteiger partial charge on any atom is -0.358 e. The lowest BCUT2D eigenvalue weighted by Gasteiger charge is -2.15. The van der Waals surface area contributed by atoms with E-state index in [0.717, 1.165) is 0 Å². The van der Waals surface area contributed by atoms with E-state index in [-0.39, 0.29) is 24.1 Å². The van der Waals surface area contributed by atoms with E-state index >= 15 is 0 Å². The Morgan fingerprint density at radius 3 is 2.72 bits per heavy atom. The van der Waals surface area contributed by atoms with Gasteiger partial charge in [-0.05, 0) is 35.3 Å². The highest BCUT2D eigenvalue weighted by molar-refractivity contribution is 6.30. The molecular formula is C16H14ClN5O3. The van der Waals surface area contributed by atoms with Gasteiger partial charge in [-0.3, -0.25) is 4.79 Å². The summed E-state index contributed by atoms with van der Waals surface area (Å²) in [6.07, 6.45) is 1.56. The molecule has 0 saturated heterocycles. The highest BCUT2D eigenvalue weighted by atomic mass is 35.5. The number of nitrogens with one attached hydrogen (secondary N) is 1. The van der Waals surface area contributed by atoms with Crippen LogP contribution >= 0.6 is 11.6 Å². The van der Waals surface area contributed by atoms with Crippen molar-refractivity contribution in [1.82, 2.24) is 9.38 Å². The summed E-state index contributed by atoms with van der Waals surface area (Å²) in [6.45, 7) is -0.0899. The Morgan fingerprint density at radius 1 is 1.32 bits per heavy atom. The van der Waals surface area contributed by atoms with Crippen molar-refractivity contribution in [2.45, 2.75) is 0 Å². The first-order chi connectivity index (χ1) is 12.0. The molecule has 0 atom stereocenters. The standard InChI is InChI=1S/C16H14ClN5O3/c1-20(10-14(23)18-12-7-5-11(17)6-8-12)15-16(22(24)25)21-9-3-2-4-13(21)19-15/h2-9H,10H2,1H3,(H,18,23).